The highest BCUT2D eigenvalue weighted by Crippen LogP contribution is 2.52. The average Bonchev–Trinajstić information content (AvgIpc) is 3.36. The zero-order valence-corrected chi connectivity index (χ0v) is 19.2. The maximum Gasteiger partial charge on any atom is 0.245 e. The summed E-state index contributed by atoms with van der Waals surface area (Å²) in [7, 11) is 2.87. The first kappa shape index (κ1) is 22.1. The molecule has 1 aromatic heterocycles. The number of carbonyl (C=O) groups is 2. The van der Waals surface area contributed by atoms with E-state index >= 15 is 0 Å². The summed E-state index contributed by atoms with van der Waals surface area (Å²) in [5.41, 5.74) is -0.901. The lowest BCUT2D eigenvalue weighted by molar-refractivity contribution is -0.129. The van der Waals surface area contributed by atoms with Gasteiger partial charge in [-0.2, -0.15) is 4.98 Å². The van der Waals surface area contributed by atoms with Gasteiger partial charge in [0.2, 0.25) is 23.1 Å². The summed E-state index contributed by atoms with van der Waals surface area (Å²) in [4.78, 5) is 31.0. The van der Waals surface area contributed by atoms with E-state index in [1.165, 1.54) is 26.4 Å². The van der Waals surface area contributed by atoms with Crippen molar-refractivity contribution in [3.8, 4) is 17.2 Å². The topological polar surface area (TPSA) is 113 Å². The molecule has 0 amide bonds. The molecule has 2 aliphatic rings. The standard InChI is InChI=1S/C22H24ClN3O6/c1-10(2)21-25-16(32-26-21)9-24-12-6-11(3)22(15(27)7-12)20(28)17-13(29-4)8-14(30-5)18(23)19(17)31-22/h7-8,10-11,24H,6,9H2,1-5H3. The van der Waals surface area contributed by atoms with Crippen LogP contribution in [0.4, 0.5) is 0 Å². The van der Waals surface area contributed by atoms with Crippen LogP contribution in [0, 0.1) is 5.92 Å². The van der Waals surface area contributed by atoms with Gasteiger partial charge >= 0.3 is 0 Å². The quantitative estimate of drug-likeness (QED) is 0.646. The fourth-order valence-corrected chi connectivity index (χ4v) is 4.28. The lowest BCUT2D eigenvalue weighted by Gasteiger charge is -2.35. The van der Waals surface area contributed by atoms with E-state index in [1.807, 2.05) is 13.8 Å². The summed E-state index contributed by atoms with van der Waals surface area (Å²) in [6.45, 7) is 6.00. The van der Waals surface area contributed by atoms with E-state index in [-0.39, 0.29) is 34.5 Å². The van der Waals surface area contributed by atoms with Crippen LogP contribution in [-0.2, 0) is 11.3 Å². The lowest BCUT2D eigenvalue weighted by Crippen LogP contribution is -2.55. The largest absolute Gasteiger partial charge is 0.496 e. The average molecular weight is 462 g/mol. The molecule has 1 N–H and O–H groups in total. The Labute approximate surface area is 190 Å². The second-order valence-corrected chi connectivity index (χ2v) is 8.54. The molecule has 2 heterocycles. The molecule has 1 aliphatic carbocycles. The Morgan fingerprint density at radius 1 is 1.28 bits per heavy atom. The highest BCUT2D eigenvalue weighted by atomic mass is 35.5. The van der Waals surface area contributed by atoms with Crippen LogP contribution in [0.2, 0.25) is 5.02 Å². The zero-order valence-electron chi connectivity index (χ0n) is 18.4. The van der Waals surface area contributed by atoms with Gasteiger partial charge in [0.05, 0.1) is 20.8 Å². The van der Waals surface area contributed by atoms with E-state index in [4.69, 9.17) is 30.3 Å². The molecule has 32 heavy (non-hydrogen) atoms. The Balaban J connectivity index is 1.61. The summed E-state index contributed by atoms with van der Waals surface area (Å²) in [5.74, 6) is 0.414. The molecule has 2 atom stereocenters. The fourth-order valence-electron chi connectivity index (χ4n) is 4.02. The van der Waals surface area contributed by atoms with E-state index in [1.54, 1.807) is 6.92 Å². The van der Waals surface area contributed by atoms with Gasteiger partial charge in [-0.1, -0.05) is 37.5 Å². The summed E-state index contributed by atoms with van der Waals surface area (Å²) in [5, 5.41) is 7.20. The first-order valence-electron chi connectivity index (χ1n) is 10.2. The van der Waals surface area contributed by atoms with Gasteiger partial charge in [0.15, 0.2) is 11.6 Å². The molecule has 1 spiro atoms. The fraction of sp³-hybridized carbons (Fsp3) is 0.455. The van der Waals surface area contributed by atoms with Gasteiger partial charge in [-0.3, -0.25) is 9.59 Å². The number of fused-ring (bicyclic) bond motifs is 1. The smallest absolute Gasteiger partial charge is 0.245 e. The third kappa shape index (κ3) is 3.31. The second kappa shape index (κ2) is 8.12. The summed E-state index contributed by atoms with van der Waals surface area (Å²) in [6, 6.07) is 1.51. The molecule has 0 saturated carbocycles. The second-order valence-electron chi connectivity index (χ2n) is 8.16. The number of benzene rings is 1. The summed E-state index contributed by atoms with van der Waals surface area (Å²) >= 11 is 6.40. The molecule has 9 nitrogen and oxygen atoms in total. The van der Waals surface area contributed by atoms with Gasteiger partial charge in [0.1, 0.15) is 22.1 Å². The van der Waals surface area contributed by atoms with E-state index in [0.29, 0.717) is 29.6 Å². The number of nitrogens with one attached hydrogen (secondary N) is 1. The highest BCUT2D eigenvalue weighted by molar-refractivity contribution is 6.36. The molecule has 2 unspecified atom stereocenters. The summed E-state index contributed by atoms with van der Waals surface area (Å²) in [6.07, 6.45) is 1.79. The van der Waals surface area contributed by atoms with Crippen LogP contribution in [0.15, 0.2) is 22.4 Å². The Morgan fingerprint density at radius 3 is 2.59 bits per heavy atom. The molecule has 1 aliphatic heterocycles. The number of aromatic nitrogens is 2. The zero-order chi connectivity index (χ0) is 23.2. The number of hydrogen-bond acceptors (Lipinski definition) is 9. The number of Topliss-reactive ketones (excluding diaryl/α,β-unsaturated/α-hetero) is 1. The number of rotatable bonds is 6. The highest BCUT2D eigenvalue weighted by Gasteiger charge is 2.60. The molecule has 1 aromatic carbocycles. The van der Waals surface area contributed by atoms with E-state index < -0.39 is 23.1 Å². The van der Waals surface area contributed by atoms with Crippen LogP contribution in [0.1, 0.15) is 55.2 Å². The Bertz CT molecular complexity index is 1130. The van der Waals surface area contributed by atoms with Crippen molar-refractivity contribution in [2.24, 2.45) is 5.92 Å². The number of ketones is 2. The number of halogens is 1. The minimum Gasteiger partial charge on any atom is -0.496 e. The predicted octanol–water partition coefficient (Wildman–Crippen LogP) is 3.46. The number of ether oxygens (including phenoxy) is 3. The summed E-state index contributed by atoms with van der Waals surface area (Å²) < 4.78 is 21.9. The SMILES string of the molecule is COc1cc(OC)c2c(c1Cl)OC1(C(=O)C=C(NCc3nc(C(C)C)no3)CC1C)C2=O. The molecular weight excluding hydrogens is 438 g/mol. The maximum atomic E-state index is 13.5. The van der Waals surface area contributed by atoms with Gasteiger partial charge in [-0.15, -0.1) is 0 Å². The molecule has 0 saturated heterocycles. The van der Waals surface area contributed by atoms with Gasteiger partial charge in [0.25, 0.3) is 0 Å². The molecule has 0 fully saturated rings. The Kier molecular flexibility index (Phi) is 5.62. The van der Waals surface area contributed by atoms with Crippen LogP contribution >= 0.6 is 11.6 Å². The van der Waals surface area contributed by atoms with Crippen molar-refractivity contribution < 1.29 is 28.3 Å². The van der Waals surface area contributed by atoms with Crippen LogP contribution in [0.3, 0.4) is 0 Å². The Morgan fingerprint density at radius 2 is 2.00 bits per heavy atom. The van der Waals surface area contributed by atoms with Gasteiger partial charge in [0, 0.05) is 29.7 Å². The van der Waals surface area contributed by atoms with Gasteiger partial charge < -0.3 is 24.1 Å². The third-order valence-corrected chi connectivity index (χ3v) is 6.13. The normalized spacial score (nSPS) is 22.1. The van der Waals surface area contributed by atoms with Crippen molar-refractivity contribution in [3.05, 3.63) is 40.1 Å². The van der Waals surface area contributed by atoms with Gasteiger partial charge in [-0.25, -0.2) is 0 Å². The van der Waals surface area contributed by atoms with Crippen LogP contribution in [0.5, 0.6) is 17.2 Å². The van der Waals surface area contributed by atoms with Crippen molar-refractivity contribution in [2.75, 3.05) is 14.2 Å². The molecule has 4 rings (SSSR count). The molecular formula is C22H24ClN3O6. The number of carbonyl (C=O) groups excluding carboxylic acids is 2. The Hall–Kier alpha value is -3.07. The minimum atomic E-state index is -1.70. The van der Waals surface area contributed by atoms with E-state index in [2.05, 4.69) is 15.5 Å². The van der Waals surface area contributed by atoms with Crippen molar-refractivity contribution in [3.63, 3.8) is 0 Å². The number of allylic oxidation sites excluding steroid dienone is 1. The van der Waals surface area contributed by atoms with Crippen molar-refractivity contribution in [1.82, 2.24) is 15.5 Å². The lowest BCUT2D eigenvalue weighted by atomic mass is 9.74. The number of nitrogens with zero attached hydrogens (tertiary/aromatic N) is 2. The van der Waals surface area contributed by atoms with Crippen LogP contribution in [-0.4, -0.2) is 41.5 Å². The van der Waals surface area contributed by atoms with Crippen molar-refractivity contribution in [1.29, 1.82) is 0 Å². The predicted molar refractivity (Wildman–Crippen MR) is 114 cm³/mol. The van der Waals surface area contributed by atoms with Crippen molar-refractivity contribution >= 4 is 23.2 Å². The van der Waals surface area contributed by atoms with Gasteiger partial charge in [-0.05, 0) is 6.42 Å². The van der Waals surface area contributed by atoms with E-state index in [9.17, 15) is 9.59 Å². The van der Waals surface area contributed by atoms with Crippen molar-refractivity contribution in [2.45, 2.75) is 45.3 Å². The molecule has 0 bridgehead atoms. The van der Waals surface area contributed by atoms with Crippen LogP contribution in [0.25, 0.3) is 0 Å². The molecule has 0 radical (unpaired) electrons. The first-order chi connectivity index (χ1) is 15.2. The minimum absolute atomic E-state index is 0.102. The molecule has 170 valence electrons. The first-order valence-corrected chi connectivity index (χ1v) is 10.6. The third-order valence-electron chi connectivity index (χ3n) is 5.78. The van der Waals surface area contributed by atoms with Crippen LogP contribution < -0.4 is 19.5 Å². The number of methoxy groups -OCH3 is 2. The monoisotopic (exact) mass is 461 g/mol. The maximum absolute atomic E-state index is 13.5. The number of hydrogen-bond donors (Lipinski definition) is 1. The molecule has 10 heteroatoms. The van der Waals surface area contributed by atoms with E-state index in [0.717, 1.165) is 0 Å². The molecule has 2 aromatic rings.